The Kier molecular flexibility index (Phi) is 9.41. The number of benzene rings is 8. The van der Waals surface area contributed by atoms with Crippen LogP contribution < -0.4 is 36.3 Å². The van der Waals surface area contributed by atoms with Crippen molar-refractivity contribution < 1.29 is 0 Å². The van der Waals surface area contributed by atoms with Gasteiger partial charge in [-0.25, -0.2) is 0 Å². The Labute approximate surface area is 428 Å². The minimum absolute atomic E-state index is 1.21. The van der Waals surface area contributed by atoms with E-state index in [1.54, 1.807) is 37.4 Å². The molecular formula is C66H64N2Si4. The van der Waals surface area contributed by atoms with Crippen molar-refractivity contribution in [2.75, 3.05) is 0 Å². The highest BCUT2D eigenvalue weighted by Gasteiger charge is 2.50. The molecule has 0 unspecified atom stereocenters. The van der Waals surface area contributed by atoms with Crippen molar-refractivity contribution in [3.63, 3.8) is 0 Å². The van der Waals surface area contributed by atoms with Gasteiger partial charge in [-0.1, -0.05) is 212 Å². The first-order chi connectivity index (χ1) is 35.5. The van der Waals surface area contributed by atoms with Crippen LogP contribution in [0.15, 0.2) is 170 Å². The molecule has 6 aliphatic rings. The molecule has 0 radical (unpaired) electrons. The van der Waals surface area contributed by atoms with Gasteiger partial charge >= 0.3 is 0 Å². The van der Waals surface area contributed by atoms with E-state index in [2.05, 4.69) is 179 Å². The van der Waals surface area contributed by atoms with Gasteiger partial charge in [0.05, 0.1) is 46.3 Å². The molecular weight excluding hydrogens is 933 g/mol. The van der Waals surface area contributed by atoms with E-state index in [4.69, 9.17) is 0 Å². The normalized spacial score (nSPS) is 19.3. The summed E-state index contributed by atoms with van der Waals surface area (Å²) in [5.41, 5.74) is 12.7. The van der Waals surface area contributed by atoms with Crippen LogP contribution in [0.4, 0.5) is 0 Å². The third-order valence-electron chi connectivity index (χ3n) is 20.7. The van der Waals surface area contributed by atoms with Gasteiger partial charge < -0.3 is 9.13 Å². The number of hydrogen-bond acceptors (Lipinski definition) is 0. The molecule has 0 saturated carbocycles. The molecule has 3 saturated heterocycles. The first-order valence-electron chi connectivity index (χ1n) is 28.1. The molecule has 0 N–H and O–H groups in total. The largest absolute Gasteiger partial charge is 0.309 e. The maximum absolute atomic E-state index is 2.94. The van der Waals surface area contributed by atoms with Gasteiger partial charge in [0.2, 0.25) is 0 Å². The van der Waals surface area contributed by atoms with Crippen molar-refractivity contribution in [1.82, 2.24) is 9.13 Å². The number of rotatable bonds is 6. The summed E-state index contributed by atoms with van der Waals surface area (Å²) in [7, 11) is -7.27. The minimum atomic E-state index is -2.94. The lowest BCUT2D eigenvalue weighted by molar-refractivity contribution is 0.935. The first kappa shape index (κ1) is 42.7. The van der Waals surface area contributed by atoms with Gasteiger partial charge in [-0.15, -0.1) is 0 Å². The fraction of sp³-hybridized carbons (Fsp3) is 0.273. The predicted molar refractivity (Wildman–Crippen MR) is 317 cm³/mol. The number of aryl methyl sites for hydroxylation is 3. The maximum atomic E-state index is 2.91. The van der Waals surface area contributed by atoms with Gasteiger partial charge in [0.1, 0.15) is 0 Å². The van der Waals surface area contributed by atoms with E-state index in [0.717, 1.165) is 0 Å². The Bertz CT molecular complexity index is 3750. The van der Waals surface area contributed by atoms with Crippen LogP contribution in [0.3, 0.4) is 0 Å². The predicted octanol–water partition coefficient (Wildman–Crippen LogP) is 12.3. The molecule has 0 atom stereocenters. The summed E-state index contributed by atoms with van der Waals surface area (Å²) in [6, 6.07) is 82.9. The first-order valence-corrected chi connectivity index (χ1v) is 38.0. The van der Waals surface area contributed by atoms with Crippen LogP contribution in [0.1, 0.15) is 55.2 Å². The van der Waals surface area contributed by atoms with Gasteiger partial charge in [-0.2, -0.15) is 0 Å². The highest BCUT2D eigenvalue weighted by atomic mass is 28.3. The average Bonchev–Trinajstić information content (AvgIpc) is 4.33. The second-order valence-corrected chi connectivity index (χ2v) is 41.4. The molecule has 8 aromatic carbocycles. The monoisotopic (exact) mass is 996 g/mol. The summed E-state index contributed by atoms with van der Waals surface area (Å²) in [5, 5.41) is 17.2. The van der Waals surface area contributed by atoms with E-state index in [1.807, 2.05) is 15.6 Å². The Morgan fingerprint density at radius 1 is 0.292 bits per heavy atom. The van der Waals surface area contributed by atoms with Crippen LogP contribution in [0.5, 0.6) is 0 Å². The van der Waals surface area contributed by atoms with Crippen LogP contribution in [-0.4, -0.2) is 41.4 Å². The topological polar surface area (TPSA) is 9.86 Å². The third-order valence-corrected chi connectivity index (χ3v) is 41.7. The van der Waals surface area contributed by atoms with Crippen LogP contribution in [0.25, 0.3) is 55.0 Å². The number of para-hydroxylation sites is 3. The smallest absolute Gasteiger partial charge is 0.179 e. The zero-order valence-electron chi connectivity index (χ0n) is 41.8. The van der Waals surface area contributed by atoms with Crippen LogP contribution in [0.2, 0.25) is 54.4 Å². The number of hydrogen-bond donors (Lipinski definition) is 0. The molecule has 8 heterocycles. The maximum Gasteiger partial charge on any atom is 0.179 e. The quantitative estimate of drug-likeness (QED) is 0.116. The van der Waals surface area contributed by atoms with E-state index >= 15 is 0 Å². The van der Waals surface area contributed by atoms with Crippen molar-refractivity contribution in [3.05, 3.63) is 187 Å². The van der Waals surface area contributed by atoms with E-state index in [0.29, 0.717) is 0 Å². The molecule has 6 aliphatic heterocycles. The fourth-order valence-electron chi connectivity index (χ4n) is 17.3. The minimum Gasteiger partial charge on any atom is -0.309 e. The number of fused-ring (bicyclic) bond motifs is 12. The van der Waals surface area contributed by atoms with Crippen molar-refractivity contribution in [2.24, 2.45) is 0 Å². The van der Waals surface area contributed by atoms with Crippen LogP contribution in [0, 0.1) is 0 Å². The van der Waals surface area contributed by atoms with E-state index in [9.17, 15) is 0 Å². The van der Waals surface area contributed by atoms with Gasteiger partial charge in [0, 0.05) is 32.9 Å². The molecule has 0 aliphatic carbocycles. The molecule has 0 amide bonds. The molecule has 354 valence electrons. The summed E-state index contributed by atoms with van der Waals surface area (Å²) in [6.45, 7) is 0. The second-order valence-electron chi connectivity index (χ2n) is 23.8. The lowest BCUT2D eigenvalue weighted by atomic mass is 10.1. The summed E-state index contributed by atoms with van der Waals surface area (Å²) in [5.74, 6) is 0. The lowest BCUT2D eigenvalue weighted by Gasteiger charge is -2.37. The zero-order chi connectivity index (χ0) is 47.2. The van der Waals surface area contributed by atoms with Crippen molar-refractivity contribution in [2.45, 2.75) is 112 Å². The van der Waals surface area contributed by atoms with E-state index in [1.165, 1.54) is 167 Å². The highest BCUT2D eigenvalue weighted by molar-refractivity contribution is 7.20. The van der Waals surface area contributed by atoms with Crippen LogP contribution >= 0.6 is 0 Å². The Morgan fingerprint density at radius 2 is 0.722 bits per heavy atom. The molecule has 10 aromatic rings. The van der Waals surface area contributed by atoms with Gasteiger partial charge in [0.25, 0.3) is 0 Å². The molecule has 0 bridgehead atoms. The lowest BCUT2D eigenvalue weighted by Crippen LogP contribution is -2.75. The summed E-state index contributed by atoms with van der Waals surface area (Å²) in [4.78, 5) is 0. The van der Waals surface area contributed by atoms with Crippen molar-refractivity contribution in [1.29, 1.82) is 0 Å². The summed E-state index contributed by atoms with van der Waals surface area (Å²) >= 11 is 0. The molecule has 72 heavy (non-hydrogen) atoms. The molecule has 16 rings (SSSR count). The molecule has 6 heteroatoms. The fourth-order valence-corrected chi connectivity index (χ4v) is 38.8. The SMILES string of the molecule is c1cc(-n2c3ccccc3c3cc(-n4c5ccccc5c5ccccc54)ccc32)cc([Si](c2ccc3c(c2)CC[Si]32CCCC2)(c2ccc3c(c2)CC[Si]32CCCC2)c2ccc3c(c2)[Si]2(CCCC2)CC3)c1. The molecule has 3 spiro atoms. The number of aromatic nitrogens is 2. The third kappa shape index (κ3) is 5.92. The van der Waals surface area contributed by atoms with Crippen LogP contribution in [-0.2, 0) is 19.3 Å². The Balaban J connectivity index is 0.950. The van der Waals surface area contributed by atoms with Crippen molar-refractivity contribution >= 4 is 112 Å². The van der Waals surface area contributed by atoms with Gasteiger partial charge in [0.15, 0.2) is 8.07 Å². The van der Waals surface area contributed by atoms with Gasteiger partial charge in [-0.3, -0.25) is 0 Å². The summed E-state index contributed by atoms with van der Waals surface area (Å²) in [6.07, 6.45) is 12.5. The second kappa shape index (κ2) is 15.9. The van der Waals surface area contributed by atoms with Gasteiger partial charge in [-0.05, 0) is 123 Å². The Hall–Kier alpha value is -5.77. The summed E-state index contributed by atoms with van der Waals surface area (Å²) < 4.78 is 5.09. The molecule has 2 nitrogen and oxygen atoms in total. The Morgan fingerprint density at radius 3 is 1.28 bits per heavy atom. The molecule has 2 aromatic heterocycles. The zero-order valence-corrected chi connectivity index (χ0v) is 45.8. The van der Waals surface area contributed by atoms with Crippen molar-refractivity contribution in [3.8, 4) is 11.4 Å². The highest BCUT2D eigenvalue weighted by Crippen LogP contribution is 2.42. The average molecular weight is 998 g/mol. The van der Waals surface area contributed by atoms with E-state index in [-0.39, 0.29) is 0 Å². The standard InChI is InChI=1S/C66H64N2Si4/c1-4-19-60-56(16-1)57-17-2-5-20-61(57)68(60)51-23-27-63-59(45-51)58-18-3-6-21-62(58)67(63)50-14-13-15-52(44-50)72(53-25-28-64-48(42-53)31-40-69(64)33-7-8-34-69,54-26-29-65-49(43-54)32-41-70(65)35-9-10-36-70)55-24-22-47-30-39-71(66(47)46-55)37-11-12-38-71/h1-6,13-29,42-46H,7-12,30-41H2. The van der Waals surface area contributed by atoms with E-state index < -0.39 is 32.3 Å². The molecule has 3 fully saturated rings. The number of nitrogens with zero attached hydrogens (tertiary/aromatic N) is 2.